The Hall–Kier alpha value is -1.56. The van der Waals surface area contributed by atoms with Gasteiger partial charge in [-0.3, -0.25) is 0 Å². The number of nitrogens with two attached hydrogens (primary N) is 1. The van der Waals surface area contributed by atoms with Gasteiger partial charge in [-0.05, 0) is 19.3 Å². The molecule has 1 heterocycles. The van der Waals surface area contributed by atoms with E-state index in [1.54, 1.807) is 6.07 Å². The number of nitrogens with zero attached hydrogens (tertiary/aromatic N) is 2. The smallest absolute Gasteiger partial charge is 0.223 e. The monoisotopic (exact) mass is 257 g/mol. The number of carbonyl (C=O) groups excluding carboxylic acids is 1. The zero-order valence-corrected chi connectivity index (χ0v) is 10.0. The summed E-state index contributed by atoms with van der Waals surface area (Å²) in [6, 6.07) is 1.58. The first-order valence-electron chi connectivity index (χ1n) is 5.31. The van der Waals surface area contributed by atoms with Crippen molar-refractivity contribution in [1.29, 1.82) is 0 Å². The molecule has 6 nitrogen and oxygen atoms in total. The number of carbonyl (C=O) groups is 1. The largest absolute Gasteiger partial charge is 0.550 e. The van der Waals surface area contributed by atoms with E-state index in [0.717, 1.165) is 12.8 Å². The highest BCUT2D eigenvalue weighted by atomic mass is 35.5. The Bertz CT molecular complexity index is 366. The molecule has 0 aromatic carbocycles. The number of hydrogen-bond donors (Lipinski definition) is 2. The summed E-state index contributed by atoms with van der Waals surface area (Å²) in [6.07, 6.45) is 2.38. The molecule has 0 fully saturated rings. The molecule has 0 saturated carbocycles. The summed E-state index contributed by atoms with van der Waals surface area (Å²) in [4.78, 5) is 17.8. The topological polar surface area (TPSA) is 104 Å². The fraction of sp³-hybridized carbons (Fsp3) is 0.500. The van der Waals surface area contributed by atoms with Crippen molar-refractivity contribution in [2.24, 2.45) is 0 Å². The van der Waals surface area contributed by atoms with Gasteiger partial charge < -0.3 is 21.0 Å². The van der Waals surface area contributed by atoms with Gasteiger partial charge >= 0.3 is 0 Å². The SMILES string of the molecule is Nc1nc(Cl)cc(NCCCCCC(=O)[O-])n1. The summed E-state index contributed by atoms with van der Waals surface area (Å²) in [5.41, 5.74) is 5.43. The normalized spacial score (nSPS) is 10.2. The third kappa shape index (κ3) is 5.91. The molecule has 0 aliphatic carbocycles. The van der Waals surface area contributed by atoms with Crippen LogP contribution >= 0.6 is 11.6 Å². The molecule has 0 radical (unpaired) electrons. The molecule has 1 aromatic rings. The molecule has 1 rings (SSSR count). The Morgan fingerprint density at radius 1 is 1.41 bits per heavy atom. The van der Waals surface area contributed by atoms with Crippen LogP contribution in [0.4, 0.5) is 11.8 Å². The van der Waals surface area contributed by atoms with E-state index >= 15 is 0 Å². The second-order valence-corrected chi connectivity index (χ2v) is 3.93. The predicted octanol–water partition coefficient (Wildman–Crippen LogP) is 0.434. The number of aromatic nitrogens is 2. The lowest BCUT2D eigenvalue weighted by Crippen LogP contribution is -2.21. The van der Waals surface area contributed by atoms with Gasteiger partial charge in [-0.2, -0.15) is 4.98 Å². The van der Waals surface area contributed by atoms with Crippen LogP contribution in [0.2, 0.25) is 5.15 Å². The Labute approximate surface area is 104 Å². The van der Waals surface area contributed by atoms with E-state index in [1.165, 1.54) is 0 Å². The van der Waals surface area contributed by atoms with Crippen LogP contribution in [0, 0.1) is 0 Å². The fourth-order valence-electron chi connectivity index (χ4n) is 1.31. The molecular weight excluding hydrogens is 244 g/mol. The van der Waals surface area contributed by atoms with Gasteiger partial charge in [-0.15, -0.1) is 0 Å². The van der Waals surface area contributed by atoms with Crippen LogP contribution in [0.5, 0.6) is 0 Å². The Balaban J connectivity index is 2.20. The van der Waals surface area contributed by atoms with Crippen LogP contribution in [0.25, 0.3) is 0 Å². The number of halogens is 1. The van der Waals surface area contributed by atoms with Gasteiger partial charge in [0.15, 0.2) is 0 Å². The molecule has 3 N–H and O–H groups in total. The minimum absolute atomic E-state index is 0.103. The molecular formula is C10H14ClN4O2-. The maximum Gasteiger partial charge on any atom is 0.223 e. The van der Waals surface area contributed by atoms with Crippen molar-refractivity contribution in [3.05, 3.63) is 11.2 Å². The molecule has 0 atom stereocenters. The zero-order chi connectivity index (χ0) is 12.7. The van der Waals surface area contributed by atoms with E-state index in [1.807, 2.05) is 0 Å². The van der Waals surface area contributed by atoms with Crippen LogP contribution in [-0.2, 0) is 4.79 Å². The lowest BCUT2D eigenvalue weighted by molar-refractivity contribution is -0.305. The molecule has 0 aliphatic rings. The quantitative estimate of drug-likeness (QED) is 0.542. The lowest BCUT2D eigenvalue weighted by atomic mass is 10.2. The van der Waals surface area contributed by atoms with E-state index < -0.39 is 5.97 Å². The van der Waals surface area contributed by atoms with Gasteiger partial charge in [0.25, 0.3) is 0 Å². The number of anilines is 2. The zero-order valence-electron chi connectivity index (χ0n) is 9.28. The Kier molecular flexibility index (Phi) is 5.48. The molecule has 7 heteroatoms. The molecule has 94 valence electrons. The first-order chi connectivity index (χ1) is 8.08. The Morgan fingerprint density at radius 3 is 2.82 bits per heavy atom. The van der Waals surface area contributed by atoms with Gasteiger partial charge in [0.1, 0.15) is 11.0 Å². The van der Waals surface area contributed by atoms with Crippen LogP contribution in [0.15, 0.2) is 6.07 Å². The van der Waals surface area contributed by atoms with Gasteiger partial charge in [0.2, 0.25) is 5.95 Å². The van der Waals surface area contributed by atoms with E-state index in [-0.39, 0.29) is 17.5 Å². The molecule has 17 heavy (non-hydrogen) atoms. The number of aliphatic carboxylic acids is 1. The van der Waals surface area contributed by atoms with Crippen LogP contribution in [0.3, 0.4) is 0 Å². The summed E-state index contributed by atoms with van der Waals surface area (Å²) < 4.78 is 0. The second-order valence-electron chi connectivity index (χ2n) is 3.54. The van der Waals surface area contributed by atoms with Crippen LogP contribution in [0.1, 0.15) is 25.7 Å². The standard InChI is InChI=1S/C10H15ClN4O2/c11-7-6-8(15-10(12)14-7)13-5-3-1-2-4-9(16)17/h6H,1-5H2,(H,16,17)(H3,12,13,14,15)/p-1. The number of unbranched alkanes of at least 4 members (excludes halogenated alkanes) is 2. The molecule has 0 aliphatic heterocycles. The maximum atomic E-state index is 10.2. The summed E-state index contributed by atoms with van der Waals surface area (Å²) in [7, 11) is 0. The third-order valence-corrected chi connectivity index (χ3v) is 2.27. The summed E-state index contributed by atoms with van der Waals surface area (Å²) >= 11 is 5.70. The number of rotatable bonds is 7. The van der Waals surface area contributed by atoms with Crippen molar-refractivity contribution in [2.75, 3.05) is 17.6 Å². The van der Waals surface area contributed by atoms with Crippen molar-refractivity contribution in [3.63, 3.8) is 0 Å². The number of nitrogen functional groups attached to an aromatic ring is 1. The fourth-order valence-corrected chi connectivity index (χ4v) is 1.50. The van der Waals surface area contributed by atoms with Crippen LogP contribution in [-0.4, -0.2) is 22.5 Å². The molecule has 0 spiro atoms. The summed E-state index contributed by atoms with van der Waals surface area (Å²) in [5.74, 6) is -0.312. The predicted molar refractivity (Wildman–Crippen MR) is 63.4 cm³/mol. The first-order valence-corrected chi connectivity index (χ1v) is 5.69. The highest BCUT2D eigenvalue weighted by molar-refractivity contribution is 6.29. The van der Waals surface area contributed by atoms with Crippen molar-refractivity contribution in [2.45, 2.75) is 25.7 Å². The van der Waals surface area contributed by atoms with Gasteiger partial charge in [-0.25, -0.2) is 4.98 Å². The molecule has 0 amide bonds. The van der Waals surface area contributed by atoms with Gasteiger partial charge in [0.05, 0.1) is 0 Å². The van der Waals surface area contributed by atoms with Crippen LogP contribution < -0.4 is 16.2 Å². The van der Waals surface area contributed by atoms with Crippen molar-refractivity contribution < 1.29 is 9.90 Å². The highest BCUT2D eigenvalue weighted by Crippen LogP contribution is 2.12. The number of carboxylic acids is 1. The van der Waals surface area contributed by atoms with E-state index in [9.17, 15) is 9.90 Å². The van der Waals surface area contributed by atoms with Gasteiger partial charge in [0, 0.05) is 18.6 Å². The molecule has 0 unspecified atom stereocenters. The maximum absolute atomic E-state index is 10.2. The number of hydrogen-bond acceptors (Lipinski definition) is 6. The average molecular weight is 258 g/mol. The van der Waals surface area contributed by atoms with Crippen molar-refractivity contribution in [1.82, 2.24) is 9.97 Å². The van der Waals surface area contributed by atoms with Crippen molar-refractivity contribution in [3.8, 4) is 0 Å². The number of nitrogens with one attached hydrogen (secondary N) is 1. The molecule has 0 saturated heterocycles. The highest BCUT2D eigenvalue weighted by Gasteiger charge is 1.99. The first kappa shape index (κ1) is 13.5. The number of carboxylic acid groups (broad SMARTS) is 1. The van der Waals surface area contributed by atoms with E-state index in [4.69, 9.17) is 17.3 Å². The lowest BCUT2D eigenvalue weighted by Gasteiger charge is -2.06. The minimum atomic E-state index is -1.01. The minimum Gasteiger partial charge on any atom is -0.550 e. The summed E-state index contributed by atoms with van der Waals surface area (Å²) in [6.45, 7) is 0.680. The average Bonchev–Trinajstić information content (AvgIpc) is 2.21. The second kappa shape index (κ2) is 6.90. The molecule has 1 aromatic heterocycles. The van der Waals surface area contributed by atoms with E-state index in [2.05, 4.69) is 15.3 Å². The Morgan fingerprint density at radius 2 is 2.18 bits per heavy atom. The molecule has 0 bridgehead atoms. The third-order valence-electron chi connectivity index (χ3n) is 2.08. The van der Waals surface area contributed by atoms with E-state index in [0.29, 0.717) is 18.8 Å². The van der Waals surface area contributed by atoms with Crippen molar-refractivity contribution >= 4 is 29.3 Å². The van der Waals surface area contributed by atoms with Gasteiger partial charge in [-0.1, -0.05) is 18.0 Å². The summed E-state index contributed by atoms with van der Waals surface area (Å²) in [5, 5.41) is 13.5.